The average Bonchev–Trinajstić information content (AvgIpc) is 2.62. The molecule has 1 aromatic carbocycles. The van der Waals surface area contributed by atoms with E-state index in [4.69, 9.17) is 9.47 Å². The minimum Gasteiger partial charge on any atom is -0.494 e. The van der Waals surface area contributed by atoms with Gasteiger partial charge in [-0.1, -0.05) is 0 Å². The fourth-order valence-electron chi connectivity index (χ4n) is 1.83. The molecule has 2 N–H and O–H groups in total. The number of aromatic nitrogens is 1. The van der Waals surface area contributed by atoms with Gasteiger partial charge in [-0.15, -0.1) is 0 Å². The van der Waals surface area contributed by atoms with Crippen LogP contribution in [0.5, 0.6) is 11.5 Å². The van der Waals surface area contributed by atoms with Crippen LogP contribution >= 0.6 is 0 Å². The molecular formula is C17H19N3O4. The number of ether oxygens (including phenoxy) is 2. The molecule has 7 nitrogen and oxygen atoms in total. The van der Waals surface area contributed by atoms with Gasteiger partial charge in [-0.2, -0.15) is 0 Å². The molecule has 7 heteroatoms. The highest BCUT2D eigenvalue weighted by Gasteiger charge is 2.15. The van der Waals surface area contributed by atoms with Gasteiger partial charge in [0, 0.05) is 18.0 Å². The van der Waals surface area contributed by atoms with Crippen LogP contribution in [0.4, 0.5) is 0 Å². The second-order valence-corrected chi connectivity index (χ2v) is 4.84. The molecule has 1 heterocycles. The monoisotopic (exact) mass is 329 g/mol. The highest BCUT2D eigenvalue weighted by atomic mass is 16.5. The third-order valence-corrected chi connectivity index (χ3v) is 3.06. The van der Waals surface area contributed by atoms with Crippen LogP contribution in [0.2, 0.25) is 0 Å². The summed E-state index contributed by atoms with van der Waals surface area (Å²) in [5.74, 6) is 0.360. The fraction of sp³-hybridized carbons (Fsp3) is 0.235. The van der Waals surface area contributed by atoms with Crippen molar-refractivity contribution in [3.8, 4) is 11.5 Å². The Bertz CT molecular complexity index is 674. The zero-order chi connectivity index (χ0) is 17.4. The van der Waals surface area contributed by atoms with E-state index in [1.165, 1.54) is 12.4 Å². The van der Waals surface area contributed by atoms with Gasteiger partial charge in [-0.05, 0) is 50.2 Å². The van der Waals surface area contributed by atoms with Crippen molar-refractivity contribution in [1.82, 2.24) is 15.8 Å². The minimum absolute atomic E-state index is 0.394. The highest BCUT2D eigenvalue weighted by molar-refractivity contribution is 5.95. The van der Waals surface area contributed by atoms with E-state index in [9.17, 15) is 9.59 Å². The molecule has 1 unspecified atom stereocenters. The summed E-state index contributed by atoms with van der Waals surface area (Å²) in [5, 5.41) is 0. The number of benzene rings is 1. The number of rotatable bonds is 6. The molecule has 0 aliphatic rings. The van der Waals surface area contributed by atoms with Gasteiger partial charge < -0.3 is 9.47 Å². The summed E-state index contributed by atoms with van der Waals surface area (Å²) in [6, 6.07) is 10.0. The molecule has 2 rings (SSSR count). The molecule has 0 aliphatic carbocycles. The number of nitrogens with zero attached hydrogens (tertiary/aromatic N) is 1. The van der Waals surface area contributed by atoms with Gasteiger partial charge in [0.1, 0.15) is 11.5 Å². The van der Waals surface area contributed by atoms with Crippen molar-refractivity contribution in [2.24, 2.45) is 0 Å². The molecule has 0 saturated heterocycles. The molecule has 2 aromatic rings. The van der Waals surface area contributed by atoms with E-state index >= 15 is 0 Å². The van der Waals surface area contributed by atoms with E-state index in [1.54, 1.807) is 43.3 Å². The van der Waals surface area contributed by atoms with Crippen LogP contribution in [0.15, 0.2) is 48.8 Å². The molecule has 0 spiro atoms. The molecule has 0 radical (unpaired) electrons. The Balaban J connectivity index is 1.82. The van der Waals surface area contributed by atoms with Crippen LogP contribution in [0.3, 0.4) is 0 Å². The standard InChI is InChI=1S/C17H19N3O4/c1-3-23-14-4-6-15(7-5-14)24-12(2)16(21)19-20-17(22)13-8-10-18-11-9-13/h4-12H,3H2,1-2H3,(H,19,21)(H,20,22). The Morgan fingerprint density at radius 1 is 1.04 bits per heavy atom. The number of hydrogen-bond donors (Lipinski definition) is 2. The lowest BCUT2D eigenvalue weighted by atomic mass is 10.2. The van der Waals surface area contributed by atoms with Gasteiger partial charge in [0.05, 0.1) is 6.61 Å². The molecule has 0 aliphatic heterocycles. The Kier molecular flexibility index (Phi) is 6.13. The number of hydrazine groups is 1. The lowest BCUT2D eigenvalue weighted by Crippen LogP contribution is -2.47. The van der Waals surface area contributed by atoms with Crippen LogP contribution in [0.25, 0.3) is 0 Å². The number of carbonyl (C=O) groups excluding carboxylic acids is 2. The lowest BCUT2D eigenvalue weighted by molar-refractivity contribution is -0.128. The summed E-state index contributed by atoms with van der Waals surface area (Å²) < 4.78 is 10.9. The summed E-state index contributed by atoms with van der Waals surface area (Å²) in [5.41, 5.74) is 5.04. The maximum absolute atomic E-state index is 12.0. The molecular weight excluding hydrogens is 310 g/mol. The lowest BCUT2D eigenvalue weighted by Gasteiger charge is -2.15. The Labute approximate surface area is 140 Å². The van der Waals surface area contributed by atoms with E-state index in [2.05, 4.69) is 15.8 Å². The average molecular weight is 329 g/mol. The Morgan fingerprint density at radius 3 is 2.29 bits per heavy atom. The summed E-state index contributed by atoms with van der Waals surface area (Å²) >= 11 is 0. The first-order chi connectivity index (χ1) is 11.6. The van der Waals surface area contributed by atoms with Crippen LogP contribution in [0, 0.1) is 0 Å². The van der Waals surface area contributed by atoms with Crippen LogP contribution in [0.1, 0.15) is 24.2 Å². The number of carbonyl (C=O) groups is 2. The van der Waals surface area contributed by atoms with Crippen molar-refractivity contribution >= 4 is 11.8 Å². The normalized spacial score (nSPS) is 11.2. The Morgan fingerprint density at radius 2 is 1.67 bits per heavy atom. The SMILES string of the molecule is CCOc1ccc(OC(C)C(=O)NNC(=O)c2ccncc2)cc1. The van der Waals surface area contributed by atoms with Crippen molar-refractivity contribution in [3.63, 3.8) is 0 Å². The van der Waals surface area contributed by atoms with E-state index in [0.29, 0.717) is 17.9 Å². The second kappa shape index (κ2) is 8.52. The van der Waals surface area contributed by atoms with Gasteiger partial charge in [0.2, 0.25) is 0 Å². The molecule has 0 fully saturated rings. The largest absolute Gasteiger partial charge is 0.494 e. The fourth-order valence-corrected chi connectivity index (χ4v) is 1.83. The highest BCUT2D eigenvalue weighted by Crippen LogP contribution is 2.18. The van der Waals surface area contributed by atoms with Crippen LogP contribution in [-0.4, -0.2) is 29.5 Å². The zero-order valence-electron chi connectivity index (χ0n) is 13.5. The predicted molar refractivity (Wildman–Crippen MR) is 87.5 cm³/mol. The predicted octanol–water partition coefficient (Wildman–Crippen LogP) is 1.71. The van der Waals surface area contributed by atoms with E-state index in [1.807, 2.05) is 6.92 Å². The van der Waals surface area contributed by atoms with Crippen molar-refractivity contribution < 1.29 is 19.1 Å². The van der Waals surface area contributed by atoms with Crippen molar-refractivity contribution in [2.45, 2.75) is 20.0 Å². The molecule has 1 atom stereocenters. The van der Waals surface area contributed by atoms with Gasteiger partial charge in [-0.25, -0.2) is 0 Å². The summed E-state index contributed by atoms with van der Waals surface area (Å²) in [4.78, 5) is 27.6. The first-order valence-electron chi connectivity index (χ1n) is 7.50. The van der Waals surface area contributed by atoms with E-state index < -0.39 is 17.9 Å². The molecule has 0 saturated carbocycles. The summed E-state index contributed by atoms with van der Waals surface area (Å²) in [7, 11) is 0. The molecule has 126 valence electrons. The van der Waals surface area contributed by atoms with E-state index in [-0.39, 0.29) is 0 Å². The van der Waals surface area contributed by atoms with Crippen molar-refractivity contribution in [3.05, 3.63) is 54.4 Å². The molecule has 2 amide bonds. The molecule has 0 bridgehead atoms. The summed E-state index contributed by atoms with van der Waals surface area (Å²) in [6.45, 7) is 4.07. The third kappa shape index (κ3) is 4.98. The van der Waals surface area contributed by atoms with Crippen molar-refractivity contribution in [2.75, 3.05) is 6.61 Å². The zero-order valence-corrected chi connectivity index (χ0v) is 13.5. The third-order valence-electron chi connectivity index (χ3n) is 3.06. The van der Waals surface area contributed by atoms with Crippen molar-refractivity contribution in [1.29, 1.82) is 0 Å². The Hall–Kier alpha value is -3.09. The van der Waals surface area contributed by atoms with Gasteiger partial charge >= 0.3 is 0 Å². The maximum Gasteiger partial charge on any atom is 0.279 e. The van der Waals surface area contributed by atoms with E-state index in [0.717, 1.165) is 5.75 Å². The van der Waals surface area contributed by atoms with Gasteiger partial charge in [-0.3, -0.25) is 25.4 Å². The number of nitrogens with one attached hydrogen (secondary N) is 2. The minimum atomic E-state index is -0.777. The van der Waals surface area contributed by atoms with Gasteiger partial charge in [0.25, 0.3) is 11.8 Å². The topological polar surface area (TPSA) is 89.5 Å². The second-order valence-electron chi connectivity index (χ2n) is 4.84. The number of amides is 2. The smallest absolute Gasteiger partial charge is 0.279 e. The summed E-state index contributed by atoms with van der Waals surface area (Å²) in [6.07, 6.45) is 2.21. The molecule has 1 aromatic heterocycles. The number of pyridine rings is 1. The first kappa shape index (κ1) is 17.3. The molecule has 24 heavy (non-hydrogen) atoms. The first-order valence-corrected chi connectivity index (χ1v) is 7.50. The number of hydrogen-bond acceptors (Lipinski definition) is 5. The van der Waals surface area contributed by atoms with Gasteiger partial charge in [0.15, 0.2) is 6.10 Å². The quantitative estimate of drug-likeness (QED) is 0.788. The maximum atomic E-state index is 12.0. The van der Waals surface area contributed by atoms with Crippen LogP contribution in [-0.2, 0) is 4.79 Å². The van der Waals surface area contributed by atoms with Crippen LogP contribution < -0.4 is 20.3 Å².